The predicted octanol–water partition coefficient (Wildman–Crippen LogP) is 0.459. The lowest BCUT2D eigenvalue weighted by Gasteiger charge is -2.21. The van der Waals surface area contributed by atoms with Gasteiger partial charge in [-0.05, 0) is 19.4 Å². The summed E-state index contributed by atoms with van der Waals surface area (Å²) in [5.74, 6) is 0.347. The fraction of sp³-hybridized carbons (Fsp3) is 0.667. The number of aromatic nitrogens is 2. The monoisotopic (exact) mass is 210 g/mol. The highest BCUT2D eigenvalue weighted by molar-refractivity contribution is 5.93. The van der Waals surface area contributed by atoms with Gasteiger partial charge in [-0.3, -0.25) is 10.1 Å². The number of hydrogen-bond donors (Lipinski definition) is 2. The van der Waals surface area contributed by atoms with Crippen LogP contribution in [0.5, 0.6) is 0 Å². The highest BCUT2D eigenvalue weighted by Crippen LogP contribution is 2.10. The number of piperidine rings is 1. The molecule has 6 heteroatoms. The molecule has 6 nitrogen and oxygen atoms in total. The SMILES string of the molecule is Cc1nnc(NC(=O)[C@@H]2CCCCN2)o1. The van der Waals surface area contributed by atoms with Crippen LogP contribution in [0.15, 0.2) is 4.42 Å². The molecule has 1 aliphatic rings. The van der Waals surface area contributed by atoms with Crippen LogP contribution in [0.25, 0.3) is 0 Å². The summed E-state index contributed by atoms with van der Waals surface area (Å²) in [6.07, 6.45) is 3.07. The maximum absolute atomic E-state index is 11.7. The molecule has 15 heavy (non-hydrogen) atoms. The van der Waals surface area contributed by atoms with Crippen molar-refractivity contribution in [2.45, 2.75) is 32.2 Å². The third-order valence-electron chi connectivity index (χ3n) is 2.38. The standard InChI is InChI=1S/C9H14N4O2/c1-6-12-13-9(15-6)11-8(14)7-4-2-3-5-10-7/h7,10H,2-5H2,1H3,(H,11,13,14)/t7-/m0/s1. The summed E-state index contributed by atoms with van der Waals surface area (Å²) in [6, 6.07) is 0.0378. The summed E-state index contributed by atoms with van der Waals surface area (Å²) >= 11 is 0. The number of nitrogens with one attached hydrogen (secondary N) is 2. The van der Waals surface area contributed by atoms with Crippen LogP contribution in [0.4, 0.5) is 6.01 Å². The second-order valence-corrected chi connectivity index (χ2v) is 3.62. The Morgan fingerprint density at radius 3 is 3.00 bits per heavy atom. The van der Waals surface area contributed by atoms with E-state index in [-0.39, 0.29) is 18.0 Å². The molecule has 0 spiro atoms. The minimum absolute atomic E-state index is 0.0987. The van der Waals surface area contributed by atoms with E-state index in [4.69, 9.17) is 4.42 Å². The van der Waals surface area contributed by atoms with Crippen LogP contribution in [0, 0.1) is 6.92 Å². The molecule has 0 bridgehead atoms. The number of carbonyl (C=O) groups is 1. The first-order valence-electron chi connectivity index (χ1n) is 5.10. The van der Waals surface area contributed by atoms with E-state index in [0.717, 1.165) is 25.8 Å². The molecule has 1 aromatic heterocycles. The van der Waals surface area contributed by atoms with Crippen molar-refractivity contribution in [3.8, 4) is 0 Å². The van der Waals surface area contributed by atoms with E-state index in [1.54, 1.807) is 6.92 Å². The molecule has 2 rings (SSSR count). The van der Waals surface area contributed by atoms with Gasteiger partial charge >= 0.3 is 6.01 Å². The van der Waals surface area contributed by atoms with E-state index in [9.17, 15) is 4.79 Å². The summed E-state index contributed by atoms with van der Waals surface area (Å²) < 4.78 is 5.06. The van der Waals surface area contributed by atoms with Gasteiger partial charge < -0.3 is 9.73 Å². The first-order chi connectivity index (χ1) is 7.25. The number of aryl methyl sites for hydroxylation is 1. The molecular formula is C9H14N4O2. The molecule has 1 aliphatic heterocycles. The highest BCUT2D eigenvalue weighted by atomic mass is 16.4. The first kappa shape index (κ1) is 10.1. The van der Waals surface area contributed by atoms with Crippen molar-refractivity contribution in [1.82, 2.24) is 15.5 Å². The zero-order valence-corrected chi connectivity index (χ0v) is 8.62. The van der Waals surface area contributed by atoms with Crippen molar-refractivity contribution in [3.05, 3.63) is 5.89 Å². The van der Waals surface area contributed by atoms with Gasteiger partial charge in [-0.25, -0.2) is 0 Å². The van der Waals surface area contributed by atoms with E-state index in [1.165, 1.54) is 0 Å². The molecular weight excluding hydrogens is 196 g/mol. The average molecular weight is 210 g/mol. The number of rotatable bonds is 2. The molecule has 0 unspecified atom stereocenters. The lowest BCUT2D eigenvalue weighted by atomic mass is 10.0. The lowest BCUT2D eigenvalue weighted by molar-refractivity contribution is -0.118. The quantitative estimate of drug-likeness (QED) is 0.741. The number of hydrogen-bond acceptors (Lipinski definition) is 5. The second kappa shape index (κ2) is 4.39. The first-order valence-corrected chi connectivity index (χ1v) is 5.10. The van der Waals surface area contributed by atoms with Crippen LogP contribution in [0.3, 0.4) is 0 Å². The van der Waals surface area contributed by atoms with Gasteiger partial charge in [0, 0.05) is 6.92 Å². The average Bonchev–Trinajstić information content (AvgIpc) is 2.65. The van der Waals surface area contributed by atoms with Crippen molar-refractivity contribution in [3.63, 3.8) is 0 Å². The van der Waals surface area contributed by atoms with Crippen LogP contribution < -0.4 is 10.6 Å². The molecule has 82 valence electrons. The maximum atomic E-state index is 11.7. The fourth-order valence-corrected chi connectivity index (χ4v) is 1.62. The summed E-state index contributed by atoms with van der Waals surface area (Å²) in [5.41, 5.74) is 0. The van der Waals surface area contributed by atoms with Crippen molar-refractivity contribution >= 4 is 11.9 Å². The molecule has 0 saturated carbocycles. The van der Waals surface area contributed by atoms with Gasteiger partial charge in [0.2, 0.25) is 11.8 Å². The molecule has 2 N–H and O–H groups in total. The molecule has 0 aliphatic carbocycles. The van der Waals surface area contributed by atoms with Crippen molar-refractivity contribution in [2.24, 2.45) is 0 Å². The van der Waals surface area contributed by atoms with Gasteiger partial charge in [0.05, 0.1) is 6.04 Å². The fourth-order valence-electron chi connectivity index (χ4n) is 1.62. The zero-order valence-electron chi connectivity index (χ0n) is 8.62. The Labute approximate surface area is 87.4 Å². The number of nitrogens with zero attached hydrogens (tertiary/aromatic N) is 2. The van der Waals surface area contributed by atoms with Gasteiger partial charge in [-0.15, -0.1) is 5.10 Å². The Morgan fingerprint density at radius 2 is 2.40 bits per heavy atom. The molecule has 1 amide bonds. The molecule has 1 atom stereocenters. The van der Waals surface area contributed by atoms with E-state index < -0.39 is 0 Å². The van der Waals surface area contributed by atoms with Crippen LogP contribution in [-0.2, 0) is 4.79 Å². The van der Waals surface area contributed by atoms with Crippen molar-refractivity contribution in [2.75, 3.05) is 11.9 Å². The maximum Gasteiger partial charge on any atom is 0.322 e. The molecule has 0 aromatic carbocycles. The van der Waals surface area contributed by atoms with Gasteiger partial charge in [0.1, 0.15) is 0 Å². The minimum Gasteiger partial charge on any atom is -0.408 e. The predicted molar refractivity (Wildman–Crippen MR) is 53.3 cm³/mol. The summed E-state index contributed by atoms with van der Waals surface area (Å²) in [4.78, 5) is 11.7. The van der Waals surface area contributed by atoms with Gasteiger partial charge in [0.25, 0.3) is 0 Å². The lowest BCUT2D eigenvalue weighted by Crippen LogP contribution is -2.43. The van der Waals surface area contributed by atoms with Crippen molar-refractivity contribution in [1.29, 1.82) is 0 Å². The summed E-state index contributed by atoms with van der Waals surface area (Å²) in [5, 5.41) is 13.1. The van der Waals surface area contributed by atoms with Crippen molar-refractivity contribution < 1.29 is 9.21 Å². The minimum atomic E-state index is -0.133. The Kier molecular flexibility index (Phi) is 2.96. The normalized spacial score (nSPS) is 21.3. The largest absolute Gasteiger partial charge is 0.408 e. The third kappa shape index (κ3) is 2.53. The van der Waals surface area contributed by atoms with Gasteiger partial charge in [-0.2, -0.15) is 0 Å². The molecule has 2 heterocycles. The Morgan fingerprint density at radius 1 is 1.53 bits per heavy atom. The Balaban J connectivity index is 1.91. The highest BCUT2D eigenvalue weighted by Gasteiger charge is 2.21. The smallest absolute Gasteiger partial charge is 0.322 e. The third-order valence-corrected chi connectivity index (χ3v) is 2.38. The Hall–Kier alpha value is -1.43. The van der Waals surface area contributed by atoms with Gasteiger partial charge in [-0.1, -0.05) is 11.5 Å². The van der Waals surface area contributed by atoms with Gasteiger partial charge in [0.15, 0.2) is 0 Å². The van der Waals surface area contributed by atoms with E-state index in [2.05, 4.69) is 20.8 Å². The van der Waals surface area contributed by atoms with Crippen LogP contribution >= 0.6 is 0 Å². The molecule has 1 fully saturated rings. The zero-order chi connectivity index (χ0) is 10.7. The second-order valence-electron chi connectivity index (χ2n) is 3.62. The van der Waals surface area contributed by atoms with Crippen LogP contribution in [-0.4, -0.2) is 28.7 Å². The molecule has 0 radical (unpaired) electrons. The van der Waals surface area contributed by atoms with E-state index >= 15 is 0 Å². The number of carbonyl (C=O) groups excluding carboxylic acids is 1. The van der Waals surface area contributed by atoms with E-state index in [0.29, 0.717) is 5.89 Å². The number of amides is 1. The van der Waals surface area contributed by atoms with E-state index in [1.807, 2.05) is 0 Å². The summed E-state index contributed by atoms with van der Waals surface area (Å²) in [7, 11) is 0. The Bertz CT molecular complexity index is 344. The topological polar surface area (TPSA) is 80.0 Å². The number of anilines is 1. The van der Waals surface area contributed by atoms with Crippen LogP contribution in [0.1, 0.15) is 25.2 Å². The molecule has 1 aromatic rings. The molecule has 1 saturated heterocycles. The van der Waals surface area contributed by atoms with Crippen LogP contribution in [0.2, 0.25) is 0 Å². The summed E-state index contributed by atoms with van der Waals surface area (Å²) in [6.45, 7) is 2.57.